The Morgan fingerprint density at radius 2 is 1.61 bits per heavy atom. The lowest BCUT2D eigenvalue weighted by atomic mass is 10.00. The maximum Gasteiger partial charge on any atom is 0.136 e. The van der Waals surface area contributed by atoms with Gasteiger partial charge in [0.25, 0.3) is 0 Å². The van der Waals surface area contributed by atoms with E-state index < -0.39 is 0 Å². The highest BCUT2D eigenvalue weighted by Crippen LogP contribution is 2.25. The van der Waals surface area contributed by atoms with Gasteiger partial charge in [-0.05, 0) is 58.7 Å². The van der Waals surface area contributed by atoms with Gasteiger partial charge in [-0.25, -0.2) is 8.78 Å². The molecule has 0 fully saturated rings. The fourth-order valence-electron chi connectivity index (χ4n) is 3.09. The van der Waals surface area contributed by atoms with Crippen LogP contribution in [0.25, 0.3) is 21.7 Å². The second-order valence-electron chi connectivity index (χ2n) is 7.45. The van der Waals surface area contributed by atoms with Gasteiger partial charge in [-0.15, -0.1) is 0 Å². The van der Waals surface area contributed by atoms with Crippen LogP contribution in [0.4, 0.5) is 8.78 Å². The van der Waals surface area contributed by atoms with E-state index in [0.29, 0.717) is 16.7 Å². The fourth-order valence-corrected chi connectivity index (χ4v) is 3.09. The average molecular weight is 378 g/mol. The second-order valence-corrected chi connectivity index (χ2v) is 7.45. The predicted molar refractivity (Wildman–Crippen MR) is 112 cm³/mol. The molecule has 4 heteroatoms. The predicted octanol–water partition coefficient (Wildman–Crippen LogP) is 6.99. The number of pyridine rings is 2. The zero-order valence-electron chi connectivity index (χ0n) is 16.6. The highest BCUT2D eigenvalue weighted by molar-refractivity contribution is 5.83. The molecule has 4 aromatic rings. The molecule has 2 nitrogen and oxygen atoms in total. The number of hydrogen-bond donors (Lipinski definition) is 0. The van der Waals surface area contributed by atoms with Gasteiger partial charge in [0.2, 0.25) is 0 Å². The van der Waals surface area contributed by atoms with Crippen molar-refractivity contribution in [2.75, 3.05) is 0 Å². The number of aromatic nitrogens is 2. The average Bonchev–Trinajstić information content (AvgIpc) is 2.68. The smallest absolute Gasteiger partial charge is 0.136 e. The minimum atomic E-state index is -0.181. The summed E-state index contributed by atoms with van der Waals surface area (Å²) in [5.41, 5.74) is 2.50. The summed E-state index contributed by atoms with van der Waals surface area (Å²) in [6.45, 7) is 8.09. The van der Waals surface area contributed by atoms with Gasteiger partial charge in [0.1, 0.15) is 11.6 Å². The molecule has 0 aliphatic heterocycles. The summed E-state index contributed by atoms with van der Waals surface area (Å²) >= 11 is 0. The Morgan fingerprint density at radius 1 is 0.821 bits per heavy atom. The zero-order chi connectivity index (χ0) is 20.3. The van der Waals surface area contributed by atoms with E-state index in [1.54, 1.807) is 36.8 Å². The third kappa shape index (κ3) is 4.16. The standard InChI is InChI=1S/2C12H12FN/c1-8(2)10-5-9-3-4-14-7-11(9)12(13)6-10;1-8(2)9-5-6-11-10(12(9)13)4-3-7-14-11/h2*3-8H,1-2H3. The molecule has 2 aromatic heterocycles. The third-order valence-electron chi connectivity index (χ3n) is 4.77. The quantitative estimate of drug-likeness (QED) is 0.375. The fraction of sp³-hybridized carbons (Fsp3) is 0.250. The van der Waals surface area contributed by atoms with E-state index in [-0.39, 0.29) is 17.6 Å². The topological polar surface area (TPSA) is 25.8 Å². The molecule has 0 N–H and O–H groups in total. The third-order valence-corrected chi connectivity index (χ3v) is 4.77. The van der Waals surface area contributed by atoms with Gasteiger partial charge in [0.05, 0.1) is 5.52 Å². The number of benzene rings is 2. The Bertz CT molecular complexity index is 1100. The maximum absolute atomic E-state index is 13.9. The molecule has 0 saturated carbocycles. The molecule has 0 amide bonds. The van der Waals surface area contributed by atoms with E-state index >= 15 is 0 Å². The minimum Gasteiger partial charge on any atom is -0.264 e. The van der Waals surface area contributed by atoms with Crippen molar-refractivity contribution in [2.24, 2.45) is 0 Å². The molecule has 4 rings (SSSR count). The van der Waals surface area contributed by atoms with Gasteiger partial charge in [0.15, 0.2) is 0 Å². The van der Waals surface area contributed by atoms with Crippen LogP contribution in [0.2, 0.25) is 0 Å². The van der Waals surface area contributed by atoms with E-state index in [0.717, 1.165) is 22.0 Å². The molecule has 0 saturated heterocycles. The minimum absolute atomic E-state index is 0.134. The van der Waals surface area contributed by atoms with E-state index in [2.05, 4.69) is 23.8 Å². The molecule has 0 aliphatic rings. The largest absolute Gasteiger partial charge is 0.264 e. The molecule has 0 spiro atoms. The molecule has 0 aliphatic carbocycles. The first kappa shape index (κ1) is 19.9. The summed E-state index contributed by atoms with van der Waals surface area (Å²) in [5.74, 6) is 0.242. The molecular formula is C24H24F2N2. The number of rotatable bonds is 2. The van der Waals surface area contributed by atoms with Gasteiger partial charge in [-0.3, -0.25) is 9.97 Å². The summed E-state index contributed by atoms with van der Waals surface area (Å²) in [6.07, 6.45) is 4.93. The van der Waals surface area contributed by atoms with Crippen LogP contribution in [0.15, 0.2) is 61.1 Å². The van der Waals surface area contributed by atoms with Crippen molar-refractivity contribution in [1.29, 1.82) is 0 Å². The lowest BCUT2D eigenvalue weighted by molar-refractivity contribution is 0.609. The zero-order valence-corrected chi connectivity index (χ0v) is 16.6. The lowest BCUT2D eigenvalue weighted by Crippen LogP contribution is -1.94. The first-order chi connectivity index (χ1) is 13.4. The molecule has 0 atom stereocenters. The first-order valence-electron chi connectivity index (χ1n) is 9.44. The Hall–Kier alpha value is -2.88. The summed E-state index contributed by atoms with van der Waals surface area (Å²) in [6, 6.07) is 12.7. The maximum atomic E-state index is 13.9. The van der Waals surface area contributed by atoms with Crippen molar-refractivity contribution in [3.63, 3.8) is 0 Å². The molecule has 0 bridgehead atoms. The van der Waals surface area contributed by atoms with Crippen molar-refractivity contribution >= 4 is 21.7 Å². The normalized spacial score (nSPS) is 11.1. The van der Waals surface area contributed by atoms with Gasteiger partial charge >= 0.3 is 0 Å². The summed E-state index contributed by atoms with van der Waals surface area (Å²) in [7, 11) is 0. The van der Waals surface area contributed by atoms with Gasteiger partial charge in [0, 0.05) is 29.4 Å². The van der Waals surface area contributed by atoms with Crippen LogP contribution in [-0.2, 0) is 0 Å². The van der Waals surface area contributed by atoms with Crippen LogP contribution in [0.3, 0.4) is 0 Å². The summed E-state index contributed by atoms with van der Waals surface area (Å²) < 4.78 is 27.4. The van der Waals surface area contributed by atoms with Crippen LogP contribution in [0.1, 0.15) is 50.7 Å². The molecule has 0 unspecified atom stereocenters. The Morgan fingerprint density at radius 3 is 2.32 bits per heavy atom. The van der Waals surface area contributed by atoms with Gasteiger partial charge < -0.3 is 0 Å². The summed E-state index contributed by atoms with van der Waals surface area (Å²) in [5, 5.41) is 2.12. The summed E-state index contributed by atoms with van der Waals surface area (Å²) in [4.78, 5) is 8.01. The molecule has 2 aromatic carbocycles. The van der Waals surface area contributed by atoms with Crippen LogP contribution < -0.4 is 0 Å². The van der Waals surface area contributed by atoms with Crippen LogP contribution in [0.5, 0.6) is 0 Å². The molecule has 144 valence electrons. The molecular weight excluding hydrogens is 354 g/mol. The van der Waals surface area contributed by atoms with Crippen molar-refractivity contribution in [2.45, 2.75) is 39.5 Å². The van der Waals surface area contributed by atoms with Crippen LogP contribution in [-0.4, -0.2) is 9.97 Å². The van der Waals surface area contributed by atoms with E-state index in [9.17, 15) is 8.78 Å². The Balaban J connectivity index is 0.000000161. The lowest BCUT2D eigenvalue weighted by Gasteiger charge is -2.08. The van der Waals surface area contributed by atoms with Gasteiger partial charge in [-0.1, -0.05) is 39.8 Å². The van der Waals surface area contributed by atoms with Crippen molar-refractivity contribution < 1.29 is 8.78 Å². The van der Waals surface area contributed by atoms with E-state index in [4.69, 9.17) is 0 Å². The van der Waals surface area contributed by atoms with E-state index in [1.165, 1.54) is 0 Å². The Labute approximate surface area is 164 Å². The van der Waals surface area contributed by atoms with Crippen molar-refractivity contribution in [3.05, 3.63) is 83.8 Å². The van der Waals surface area contributed by atoms with Crippen molar-refractivity contribution in [3.8, 4) is 0 Å². The van der Waals surface area contributed by atoms with Crippen LogP contribution >= 0.6 is 0 Å². The Kier molecular flexibility index (Phi) is 5.98. The SMILES string of the molecule is CC(C)c1cc(F)c2cnccc2c1.CC(C)c1ccc2ncccc2c1F. The monoisotopic (exact) mass is 378 g/mol. The van der Waals surface area contributed by atoms with Gasteiger partial charge in [-0.2, -0.15) is 0 Å². The molecule has 2 heterocycles. The number of hydrogen-bond acceptors (Lipinski definition) is 2. The second kappa shape index (κ2) is 8.42. The van der Waals surface area contributed by atoms with Crippen LogP contribution in [0, 0.1) is 11.6 Å². The van der Waals surface area contributed by atoms with E-state index in [1.807, 2.05) is 38.1 Å². The highest BCUT2D eigenvalue weighted by atomic mass is 19.1. The first-order valence-corrected chi connectivity index (χ1v) is 9.44. The highest BCUT2D eigenvalue weighted by Gasteiger charge is 2.10. The molecule has 0 radical (unpaired) electrons. The number of halogens is 2. The van der Waals surface area contributed by atoms with Crippen molar-refractivity contribution in [1.82, 2.24) is 9.97 Å². The molecule has 28 heavy (non-hydrogen) atoms. The number of fused-ring (bicyclic) bond motifs is 2. The number of nitrogens with zero attached hydrogens (tertiary/aromatic N) is 2.